The largest absolute Gasteiger partial charge is 0.483 e. The highest BCUT2D eigenvalue weighted by Crippen LogP contribution is 2.29. The quantitative estimate of drug-likeness (QED) is 0.806. The Hall–Kier alpha value is -2.14. The van der Waals surface area contributed by atoms with Crippen LogP contribution >= 0.6 is 11.6 Å². The number of benzene rings is 2. The minimum atomic E-state index is -0.741. The summed E-state index contributed by atoms with van der Waals surface area (Å²) in [6.45, 7) is -0.0651. The molecular formula is C15H10ClF2NO2. The molecule has 0 saturated heterocycles. The molecule has 21 heavy (non-hydrogen) atoms. The van der Waals surface area contributed by atoms with Crippen molar-refractivity contribution >= 4 is 23.2 Å². The Balaban J connectivity index is 2.03. The van der Waals surface area contributed by atoms with Gasteiger partial charge >= 0.3 is 0 Å². The summed E-state index contributed by atoms with van der Waals surface area (Å²) in [5.74, 6) is -1.33. The van der Waals surface area contributed by atoms with Crippen LogP contribution in [-0.2, 0) is 11.3 Å². The van der Waals surface area contributed by atoms with Gasteiger partial charge in [0.2, 0.25) is 0 Å². The predicted molar refractivity (Wildman–Crippen MR) is 74.5 cm³/mol. The van der Waals surface area contributed by atoms with E-state index in [1.54, 1.807) is 18.2 Å². The van der Waals surface area contributed by atoms with Crippen LogP contribution in [0.2, 0.25) is 5.02 Å². The van der Waals surface area contributed by atoms with Crippen LogP contribution in [0.3, 0.4) is 0 Å². The standard InChI is InChI=1S/C15H10ClF2NO2/c16-10-1-2-14-9(3-10)7-19(15(20)8-21-14)13-5-11(17)4-12(18)6-13/h1-6H,7-8H2. The highest BCUT2D eigenvalue weighted by Gasteiger charge is 2.24. The maximum atomic E-state index is 13.3. The summed E-state index contributed by atoms with van der Waals surface area (Å²) in [5, 5.41) is 0.497. The van der Waals surface area contributed by atoms with Gasteiger partial charge in [-0.3, -0.25) is 4.79 Å². The van der Waals surface area contributed by atoms with Crippen molar-refractivity contribution in [1.82, 2.24) is 0 Å². The van der Waals surface area contributed by atoms with Crippen molar-refractivity contribution in [2.75, 3.05) is 11.5 Å². The number of halogens is 3. The summed E-state index contributed by atoms with van der Waals surface area (Å²) in [5.41, 5.74) is 0.826. The van der Waals surface area contributed by atoms with E-state index in [0.717, 1.165) is 18.2 Å². The van der Waals surface area contributed by atoms with E-state index in [1.165, 1.54) is 4.90 Å². The molecule has 0 saturated carbocycles. The fraction of sp³-hybridized carbons (Fsp3) is 0.133. The molecule has 2 aromatic carbocycles. The first kappa shape index (κ1) is 13.8. The highest BCUT2D eigenvalue weighted by atomic mass is 35.5. The highest BCUT2D eigenvalue weighted by molar-refractivity contribution is 6.30. The van der Waals surface area contributed by atoms with Crippen molar-refractivity contribution in [3.05, 3.63) is 58.6 Å². The van der Waals surface area contributed by atoms with Crippen molar-refractivity contribution in [3.63, 3.8) is 0 Å². The maximum Gasteiger partial charge on any atom is 0.265 e. The SMILES string of the molecule is O=C1COc2ccc(Cl)cc2CN1c1cc(F)cc(F)c1. The first-order chi connectivity index (χ1) is 10.0. The Bertz CT molecular complexity index is 701. The van der Waals surface area contributed by atoms with Crippen molar-refractivity contribution in [1.29, 1.82) is 0 Å². The van der Waals surface area contributed by atoms with E-state index >= 15 is 0 Å². The Morgan fingerprint density at radius 3 is 2.52 bits per heavy atom. The molecule has 0 N–H and O–H groups in total. The van der Waals surface area contributed by atoms with Crippen molar-refractivity contribution in [2.24, 2.45) is 0 Å². The molecule has 1 amide bonds. The lowest BCUT2D eigenvalue weighted by atomic mass is 10.1. The number of hydrogen-bond acceptors (Lipinski definition) is 2. The lowest BCUT2D eigenvalue weighted by Gasteiger charge is -2.20. The first-order valence-corrected chi connectivity index (χ1v) is 6.58. The van der Waals surface area contributed by atoms with Crippen molar-refractivity contribution in [2.45, 2.75) is 6.54 Å². The molecule has 2 aromatic rings. The second-order valence-corrected chi connectivity index (χ2v) is 5.08. The van der Waals surface area contributed by atoms with Crippen molar-refractivity contribution in [3.8, 4) is 5.75 Å². The zero-order valence-electron chi connectivity index (χ0n) is 10.8. The molecule has 0 radical (unpaired) electrons. The predicted octanol–water partition coefficient (Wildman–Crippen LogP) is 3.54. The van der Waals surface area contributed by atoms with Crippen LogP contribution in [0.4, 0.5) is 14.5 Å². The molecule has 108 valence electrons. The number of carbonyl (C=O) groups is 1. The lowest BCUT2D eigenvalue weighted by molar-refractivity contribution is -0.120. The Morgan fingerprint density at radius 1 is 1.10 bits per heavy atom. The second kappa shape index (κ2) is 5.33. The minimum absolute atomic E-state index is 0.137. The van der Waals surface area contributed by atoms with Gasteiger partial charge in [0.05, 0.1) is 6.54 Å². The van der Waals surface area contributed by atoms with Crippen LogP contribution in [0.1, 0.15) is 5.56 Å². The molecule has 0 bridgehead atoms. The van der Waals surface area contributed by atoms with Gasteiger partial charge in [-0.2, -0.15) is 0 Å². The van der Waals surface area contributed by atoms with Crippen LogP contribution in [0.25, 0.3) is 0 Å². The number of nitrogens with zero attached hydrogens (tertiary/aromatic N) is 1. The van der Waals surface area contributed by atoms with Gasteiger partial charge in [-0.25, -0.2) is 8.78 Å². The molecule has 0 fully saturated rings. The molecule has 1 aliphatic heterocycles. The Kier molecular flexibility index (Phi) is 3.51. The summed E-state index contributed by atoms with van der Waals surface area (Å²) in [4.78, 5) is 13.4. The molecule has 0 spiro atoms. The lowest BCUT2D eigenvalue weighted by Crippen LogP contribution is -2.32. The van der Waals surface area contributed by atoms with E-state index < -0.39 is 11.6 Å². The van der Waals surface area contributed by atoms with E-state index in [2.05, 4.69) is 0 Å². The number of carbonyl (C=O) groups excluding carboxylic acids is 1. The zero-order valence-corrected chi connectivity index (χ0v) is 11.5. The number of rotatable bonds is 1. The van der Waals surface area contributed by atoms with E-state index in [-0.39, 0.29) is 24.7 Å². The van der Waals surface area contributed by atoms with Crippen molar-refractivity contribution < 1.29 is 18.3 Å². The molecule has 3 rings (SSSR count). The molecule has 0 aliphatic carbocycles. The van der Waals surface area contributed by atoms with Crippen LogP contribution in [0, 0.1) is 11.6 Å². The summed E-state index contributed by atoms with van der Waals surface area (Å²) in [7, 11) is 0. The molecule has 1 heterocycles. The fourth-order valence-electron chi connectivity index (χ4n) is 2.22. The van der Waals surface area contributed by atoms with Gasteiger partial charge in [-0.05, 0) is 30.3 Å². The molecular weight excluding hydrogens is 300 g/mol. The second-order valence-electron chi connectivity index (χ2n) is 4.65. The van der Waals surface area contributed by atoms with E-state index in [0.29, 0.717) is 16.3 Å². The Morgan fingerprint density at radius 2 is 1.81 bits per heavy atom. The third-order valence-corrected chi connectivity index (χ3v) is 3.40. The maximum absolute atomic E-state index is 13.3. The first-order valence-electron chi connectivity index (χ1n) is 6.20. The summed E-state index contributed by atoms with van der Waals surface area (Å²) >= 11 is 5.93. The van der Waals surface area contributed by atoms with E-state index in [1.807, 2.05) is 0 Å². The number of ether oxygens (including phenoxy) is 1. The normalized spacial score (nSPS) is 14.4. The number of fused-ring (bicyclic) bond motifs is 1. The molecule has 6 heteroatoms. The van der Waals surface area contributed by atoms with Gasteiger partial charge in [-0.15, -0.1) is 0 Å². The summed E-state index contributed by atoms with van der Waals surface area (Å²) in [6.07, 6.45) is 0. The topological polar surface area (TPSA) is 29.5 Å². The van der Waals surface area contributed by atoms with Gasteiger partial charge in [0.15, 0.2) is 6.61 Å². The molecule has 3 nitrogen and oxygen atoms in total. The smallest absolute Gasteiger partial charge is 0.265 e. The molecule has 0 atom stereocenters. The van der Waals surface area contributed by atoms with Crippen LogP contribution in [0.5, 0.6) is 5.75 Å². The molecule has 0 unspecified atom stereocenters. The molecule has 0 aromatic heterocycles. The summed E-state index contributed by atoms with van der Waals surface area (Å²) in [6, 6.07) is 7.96. The number of amides is 1. The van der Waals surface area contributed by atoms with Gasteiger partial charge in [0.1, 0.15) is 17.4 Å². The number of hydrogen-bond donors (Lipinski definition) is 0. The number of anilines is 1. The average Bonchev–Trinajstić information content (AvgIpc) is 2.57. The average molecular weight is 310 g/mol. The van der Waals surface area contributed by atoms with E-state index in [9.17, 15) is 13.6 Å². The molecule has 1 aliphatic rings. The van der Waals surface area contributed by atoms with Gasteiger partial charge in [0, 0.05) is 22.3 Å². The van der Waals surface area contributed by atoms with Gasteiger partial charge in [-0.1, -0.05) is 11.6 Å². The third-order valence-electron chi connectivity index (χ3n) is 3.16. The fourth-order valence-corrected chi connectivity index (χ4v) is 2.41. The van der Waals surface area contributed by atoms with Crippen LogP contribution in [0.15, 0.2) is 36.4 Å². The Labute approximate surface area is 124 Å². The van der Waals surface area contributed by atoms with Crippen LogP contribution < -0.4 is 9.64 Å². The van der Waals surface area contributed by atoms with Gasteiger partial charge < -0.3 is 9.64 Å². The third kappa shape index (κ3) is 2.83. The minimum Gasteiger partial charge on any atom is -0.483 e. The van der Waals surface area contributed by atoms with Crippen LogP contribution in [-0.4, -0.2) is 12.5 Å². The monoisotopic (exact) mass is 309 g/mol. The summed E-state index contributed by atoms with van der Waals surface area (Å²) < 4.78 is 32.1. The zero-order chi connectivity index (χ0) is 15.0. The van der Waals surface area contributed by atoms with E-state index in [4.69, 9.17) is 16.3 Å². The van der Waals surface area contributed by atoms with Gasteiger partial charge in [0.25, 0.3) is 5.91 Å².